The molecule has 5 heteroatoms. The van der Waals surface area contributed by atoms with Crippen molar-refractivity contribution in [1.82, 2.24) is 4.98 Å². The molecule has 0 bridgehead atoms. The first-order valence-electron chi connectivity index (χ1n) is 4.42. The maximum absolute atomic E-state index is 11.2. The first-order chi connectivity index (χ1) is 7.34. The molecule has 1 atom stereocenters. The van der Waals surface area contributed by atoms with Gasteiger partial charge in [0.1, 0.15) is 5.52 Å². The number of carbonyl (C=O) groups excluding carboxylic acids is 1. The molecule has 0 aliphatic carbocycles. The van der Waals surface area contributed by atoms with Gasteiger partial charge in [-0.2, -0.15) is 4.99 Å². The Balaban J connectivity index is 2.08. The summed E-state index contributed by atoms with van der Waals surface area (Å²) in [6.45, 7) is 0. The zero-order valence-electron chi connectivity index (χ0n) is 7.58. The standard InChI is InChI=1S/C10H6N2O3/c13-9-8(14-5-11-9)10-12-6-3-1-2-4-7(6)15-10/h1-5,8H. The van der Waals surface area contributed by atoms with E-state index in [0.29, 0.717) is 11.1 Å². The van der Waals surface area contributed by atoms with Crippen LogP contribution in [-0.4, -0.2) is 17.3 Å². The molecule has 74 valence electrons. The van der Waals surface area contributed by atoms with Crippen LogP contribution < -0.4 is 0 Å². The average molecular weight is 202 g/mol. The van der Waals surface area contributed by atoms with Crippen molar-refractivity contribution in [3.8, 4) is 0 Å². The summed E-state index contributed by atoms with van der Waals surface area (Å²) in [7, 11) is 0. The van der Waals surface area contributed by atoms with Crippen LogP contribution in [0.1, 0.15) is 12.0 Å². The predicted octanol–water partition coefficient (Wildman–Crippen LogP) is 1.45. The fourth-order valence-corrected chi connectivity index (χ4v) is 1.44. The molecule has 1 aromatic heterocycles. The molecule has 0 fully saturated rings. The number of fused-ring (bicyclic) bond motifs is 1. The molecule has 0 N–H and O–H groups in total. The zero-order chi connectivity index (χ0) is 10.3. The summed E-state index contributed by atoms with van der Waals surface area (Å²) in [4.78, 5) is 18.9. The van der Waals surface area contributed by atoms with E-state index in [4.69, 9.17) is 9.15 Å². The number of para-hydroxylation sites is 2. The summed E-state index contributed by atoms with van der Waals surface area (Å²) in [5, 5.41) is 0. The van der Waals surface area contributed by atoms with Crippen LogP contribution in [-0.2, 0) is 9.53 Å². The summed E-state index contributed by atoms with van der Waals surface area (Å²) < 4.78 is 10.4. The third kappa shape index (κ3) is 1.20. The Labute approximate surface area is 84.4 Å². The van der Waals surface area contributed by atoms with Gasteiger partial charge in [0.05, 0.1) is 0 Å². The van der Waals surface area contributed by atoms with Crippen molar-refractivity contribution in [2.45, 2.75) is 6.10 Å². The summed E-state index contributed by atoms with van der Waals surface area (Å²) in [5.41, 5.74) is 1.34. The van der Waals surface area contributed by atoms with E-state index >= 15 is 0 Å². The molecule has 2 heterocycles. The van der Waals surface area contributed by atoms with Crippen LogP contribution in [0.2, 0.25) is 0 Å². The topological polar surface area (TPSA) is 64.7 Å². The number of hydrogen-bond acceptors (Lipinski definition) is 4. The lowest BCUT2D eigenvalue weighted by atomic mass is 10.3. The number of aliphatic imine (C=N–C) groups is 1. The van der Waals surface area contributed by atoms with Crippen LogP contribution in [0.3, 0.4) is 0 Å². The minimum atomic E-state index is -0.822. The third-order valence-electron chi connectivity index (χ3n) is 2.14. The minimum Gasteiger partial charge on any atom is -0.460 e. The van der Waals surface area contributed by atoms with Crippen LogP contribution >= 0.6 is 0 Å². The molecule has 1 amide bonds. The highest BCUT2D eigenvalue weighted by atomic mass is 16.5. The molecular weight excluding hydrogens is 196 g/mol. The van der Waals surface area contributed by atoms with Crippen LogP contribution in [0.25, 0.3) is 11.1 Å². The smallest absolute Gasteiger partial charge is 0.299 e. The van der Waals surface area contributed by atoms with Gasteiger partial charge >= 0.3 is 0 Å². The first kappa shape index (κ1) is 8.16. The van der Waals surface area contributed by atoms with Gasteiger partial charge in [-0.05, 0) is 12.1 Å². The SMILES string of the molecule is O=C1N=COC1c1nc2ccccc2o1. The van der Waals surface area contributed by atoms with Crippen molar-refractivity contribution >= 4 is 23.4 Å². The predicted molar refractivity (Wildman–Crippen MR) is 51.3 cm³/mol. The molecule has 0 saturated heterocycles. The Hall–Kier alpha value is -2.17. The van der Waals surface area contributed by atoms with Gasteiger partial charge in [0.2, 0.25) is 5.89 Å². The molecule has 1 unspecified atom stereocenters. The lowest BCUT2D eigenvalue weighted by Crippen LogP contribution is -2.06. The fourth-order valence-electron chi connectivity index (χ4n) is 1.44. The number of hydrogen-bond donors (Lipinski definition) is 0. The second kappa shape index (κ2) is 2.91. The van der Waals surface area contributed by atoms with Crippen molar-refractivity contribution in [3.05, 3.63) is 30.2 Å². The van der Waals surface area contributed by atoms with Gasteiger partial charge in [-0.25, -0.2) is 4.98 Å². The molecule has 0 radical (unpaired) electrons. The van der Waals surface area contributed by atoms with E-state index in [0.717, 1.165) is 6.40 Å². The number of ether oxygens (including phenoxy) is 1. The van der Waals surface area contributed by atoms with Gasteiger partial charge in [0.25, 0.3) is 12.0 Å². The van der Waals surface area contributed by atoms with E-state index in [-0.39, 0.29) is 11.8 Å². The quantitative estimate of drug-likeness (QED) is 0.702. The summed E-state index contributed by atoms with van der Waals surface area (Å²) >= 11 is 0. The van der Waals surface area contributed by atoms with E-state index in [9.17, 15) is 4.79 Å². The molecule has 2 aromatic rings. The van der Waals surface area contributed by atoms with E-state index in [2.05, 4.69) is 9.98 Å². The van der Waals surface area contributed by atoms with Crippen LogP contribution in [0, 0.1) is 0 Å². The molecule has 1 aliphatic heterocycles. The van der Waals surface area contributed by atoms with Gasteiger partial charge in [-0.3, -0.25) is 4.79 Å². The summed E-state index contributed by atoms with van der Waals surface area (Å²) in [6.07, 6.45) is 0.291. The molecular formula is C10H6N2O3. The first-order valence-corrected chi connectivity index (χ1v) is 4.42. The van der Waals surface area contributed by atoms with E-state index in [1.807, 2.05) is 18.2 Å². The van der Waals surface area contributed by atoms with Gasteiger partial charge in [0.15, 0.2) is 12.0 Å². The van der Waals surface area contributed by atoms with Crippen molar-refractivity contribution in [2.75, 3.05) is 0 Å². The number of nitrogens with zero attached hydrogens (tertiary/aromatic N) is 2. The number of oxazole rings is 1. The Kier molecular flexibility index (Phi) is 1.58. The van der Waals surface area contributed by atoms with Crippen LogP contribution in [0.4, 0.5) is 0 Å². The van der Waals surface area contributed by atoms with Crippen molar-refractivity contribution in [3.63, 3.8) is 0 Å². The second-order valence-electron chi connectivity index (χ2n) is 3.11. The number of aromatic nitrogens is 1. The highest BCUT2D eigenvalue weighted by Gasteiger charge is 2.30. The van der Waals surface area contributed by atoms with Crippen molar-refractivity contribution < 1.29 is 13.9 Å². The lowest BCUT2D eigenvalue weighted by Gasteiger charge is -1.99. The molecule has 0 saturated carbocycles. The third-order valence-corrected chi connectivity index (χ3v) is 2.14. The fraction of sp³-hybridized carbons (Fsp3) is 0.100. The highest BCUT2D eigenvalue weighted by molar-refractivity contribution is 5.92. The van der Waals surface area contributed by atoms with Gasteiger partial charge in [-0.15, -0.1) is 0 Å². The van der Waals surface area contributed by atoms with Crippen LogP contribution in [0.15, 0.2) is 33.7 Å². The Morgan fingerprint density at radius 2 is 2.13 bits per heavy atom. The average Bonchev–Trinajstić information content (AvgIpc) is 2.82. The summed E-state index contributed by atoms with van der Waals surface area (Å²) in [6, 6.07) is 7.28. The summed E-state index contributed by atoms with van der Waals surface area (Å²) in [5.74, 6) is -0.139. The monoisotopic (exact) mass is 202 g/mol. The number of benzene rings is 1. The highest BCUT2D eigenvalue weighted by Crippen LogP contribution is 2.24. The van der Waals surface area contributed by atoms with Crippen LogP contribution in [0.5, 0.6) is 0 Å². The van der Waals surface area contributed by atoms with Crippen molar-refractivity contribution in [1.29, 1.82) is 0 Å². The molecule has 3 rings (SSSR count). The van der Waals surface area contributed by atoms with Crippen molar-refractivity contribution in [2.24, 2.45) is 4.99 Å². The van der Waals surface area contributed by atoms with E-state index < -0.39 is 6.10 Å². The molecule has 0 spiro atoms. The Morgan fingerprint density at radius 1 is 1.27 bits per heavy atom. The number of carbonyl (C=O) groups is 1. The largest absolute Gasteiger partial charge is 0.460 e. The number of rotatable bonds is 1. The van der Waals surface area contributed by atoms with Gasteiger partial charge in [-0.1, -0.05) is 12.1 Å². The molecule has 5 nitrogen and oxygen atoms in total. The van der Waals surface area contributed by atoms with E-state index in [1.54, 1.807) is 6.07 Å². The Bertz CT molecular complexity index is 526. The number of amides is 1. The zero-order valence-corrected chi connectivity index (χ0v) is 7.58. The Morgan fingerprint density at radius 3 is 2.87 bits per heavy atom. The van der Waals surface area contributed by atoms with Gasteiger partial charge in [0, 0.05) is 0 Å². The molecule has 15 heavy (non-hydrogen) atoms. The lowest BCUT2D eigenvalue weighted by molar-refractivity contribution is -0.123. The molecule has 1 aliphatic rings. The normalized spacial score (nSPS) is 19.7. The van der Waals surface area contributed by atoms with Gasteiger partial charge < -0.3 is 9.15 Å². The maximum atomic E-state index is 11.2. The maximum Gasteiger partial charge on any atom is 0.299 e. The molecule has 1 aromatic carbocycles. The second-order valence-corrected chi connectivity index (χ2v) is 3.11. The van der Waals surface area contributed by atoms with E-state index in [1.165, 1.54) is 0 Å². The minimum absolute atomic E-state index is 0.249.